The fourth-order valence-electron chi connectivity index (χ4n) is 0.700. The van der Waals surface area contributed by atoms with Gasteiger partial charge in [0.2, 0.25) is 0 Å². The van der Waals surface area contributed by atoms with Gasteiger partial charge in [-0.15, -0.1) is 11.6 Å². The zero-order valence-electron chi connectivity index (χ0n) is 6.37. The number of hydrogen-bond donors (Lipinski definition) is 1. The van der Waals surface area contributed by atoms with Gasteiger partial charge in [-0.3, -0.25) is 0 Å². The van der Waals surface area contributed by atoms with E-state index in [-0.39, 0.29) is 12.1 Å². The van der Waals surface area contributed by atoms with Crippen LogP contribution in [0.4, 0.5) is 4.39 Å². The summed E-state index contributed by atoms with van der Waals surface area (Å²) >= 11 is 5.69. The first-order valence-corrected chi connectivity index (χ1v) is 4.11. The lowest BCUT2D eigenvalue weighted by molar-refractivity contribution is 0.463. The third kappa shape index (κ3) is 8.18. The fourth-order valence-corrected chi connectivity index (χ4v) is 0.854. The lowest BCUT2D eigenvalue weighted by Gasteiger charge is -2.02. The molecule has 1 unspecified atom stereocenters. The van der Waals surface area contributed by atoms with Crippen molar-refractivity contribution in [3.63, 3.8) is 0 Å². The summed E-state index contributed by atoms with van der Waals surface area (Å²) in [6.07, 6.45) is 2.03. The van der Waals surface area contributed by atoms with E-state index in [2.05, 4.69) is 5.32 Å². The van der Waals surface area contributed by atoms with Gasteiger partial charge in [0.25, 0.3) is 0 Å². The quantitative estimate of drug-likeness (QED) is 0.471. The third-order valence-electron chi connectivity index (χ3n) is 1.23. The van der Waals surface area contributed by atoms with Crippen LogP contribution in [0.1, 0.15) is 19.8 Å². The highest BCUT2D eigenvalue weighted by molar-refractivity contribution is 6.20. The second-order valence-corrected chi connectivity index (χ2v) is 3.11. The average Bonchev–Trinajstić information content (AvgIpc) is 1.87. The van der Waals surface area contributed by atoms with Crippen LogP contribution in [-0.2, 0) is 0 Å². The number of halogens is 2. The molecule has 0 aliphatic heterocycles. The van der Waals surface area contributed by atoms with E-state index in [4.69, 9.17) is 11.6 Å². The van der Waals surface area contributed by atoms with Gasteiger partial charge in [-0.05, 0) is 26.3 Å². The van der Waals surface area contributed by atoms with E-state index in [1.807, 2.05) is 6.92 Å². The summed E-state index contributed by atoms with van der Waals surface area (Å²) in [5.41, 5.74) is 0. The van der Waals surface area contributed by atoms with Crippen molar-refractivity contribution < 1.29 is 4.39 Å². The van der Waals surface area contributed by atoms with Gasteiger partial charge in [0, 0.05) is 11.9 Å². The van der Waals surface area contributed by atoms with Crippen molar-refractivity contribution in [1.82, 2.24) is 5.32 Å². The molecule has 1 nitrogen and oxygen atoms in total. The summed E-state index contributed by atoms with van der Waals surface area (Å²) in [4.78, 5) is 0. The summed E-state index contributed by atoms with van der Waals surface area (Å²) in [5, 5.41) is 3.20. The molecule has 0 amide bonds. The van der Waals surface area contributed by atoms with Gasteiger partial charge in [-0.2, -0.15) is 0 Å². The van der Waals surface area contributed by atoms with Crippen molar-refractivity contribution >= 4 is 11.6 Å². The highest BCUT2D eigenvalue weighted by Crippen LogP contribution is 2.01. The maximum absolute atomic E-state index is 11.5. The van der Waals surface area contributed by atoms with Crippen LogP contribution in [0.2, 0.25) is 0 Å². The predicted octanol–water partition coefficient (Wildman–Crippen LogP) is 1.95. The molecule has 0 aromatic heterocycles. The molecule has 0 aromatic carbocycles. The molecule has 0 rings (SSSR count). The number of hydrogen-bond acceptors (Lipinski definition) is 1. The standard InChI is InChI=1S/C7H15ClFN/c1-7(8)3-2-5-10-6-4-9/h7,10H,2-6H2,1H3. The molecule has 0 aliphatic carbocycles. The second kappa shape index (κ2) is 7.29. The Bertz CT molecular complexity index is 68.6. The topological polar surface area (TPSA) is 12.0 Å². The molecule has 0 fully saturated rings. The molecular formula is C7H15ClFN. The molecule has 0 bridgehead atoms. The van der Waals surface area contributed by atoms with Gasteiger partial charge < -0.3 is 5.32 Å². The Morgan fingerprint density at radius 3 is 2.70 bits per heavy atom. The zero-order valence-corrected chi connectivity index (χ0v) is 7.12. The van der Waals surface area contributed by atoms with Gasteiger partial charge in [0.15, 0.2) is 0 Å². The molecule has 10 heavy (non-hydrogen) atoms. The zero-order chi connectivity index (χ0) is 7.82. The highest BCUT2D eigenvalue weighted by Gasteiger charge is 1.94. The Morgan fingerprint density at radius 1 is 1.50 bits per heavy atom. The van der Waals surface area contributed by atoms with E-state index in [1.54, 1.807) is 0 Å². The minimum atomic E-state index is -0.281. The Kier molecular flexibility index (Phi) is 7.42. The van der Waals surface area contributed by atoms with Gasteiger partial charge in [0.05, 0.1) is 0 Å². The molecule has 62 valence electrons. The molecule has 0 aliphatic rings. The van der Waals surface area contributed by atoms with Gasteiger partial charge in [-0.25, -0.2) is 4.39 Å². The molecule has 0 spiro atoms. The molecule has 1 atom stereocenters. The summed E-state index contributed by atoms with van der Waals surface area (Å²) in [6.45, 7) is 3.03. The smallest absolute Gasteiger partial charge is 0.102 e. The highest BCUT2D eigenvalue weighted by atomic mass is 35.5. The lowest BCUT2D eigenvalue weighted by atomic mass is 10.2. The molecule has 0 heterocycles. The van der Waals surface area contributed by atoms with Crippen LogP contribution >= 0.6 is 11.6 Å². The normalized spacial score (nSPS) is 13.5. The van der Waals surface area contributed by atoms with Gasteiger partial charge in [0.1, 0.15) is 6.67 Å². The van der Waals surface area contributed by atoms with Crippen molar-refractivity contribution in [2.24, 2.45) is 0 Å². The first-order valence-electron chi connectivity index (χ1n) is 3.68. The molecule has 1 N–H and O–H groups in total. The summed E-state index contributed by atoms with van der Waals surface area (Å²) in [6, 6.07) is 0. The summed E-state index contributed by atoms with van der Waals surface area (Å²) in [5.74, 6) is 0. The van der Waals surface area contributed by atoms with Crippen molar-refractivity contribution in [3.05, 3.63) is 0 Å². The maximum Gasteiger partial charge on any atom is 0.102 e. The fraction of sp³-hybridized carbons (Fsp3) is 1.00. The Hall–Kier alpha value is 0.180. The monoisotopic (exact) mass is 167 g/mol. The lowest BCUT2D eigenvalue weighted by Crippen LogP contribution is -2.18. The van der Waals surface area contributed by atoms with Crippen LogP contribution in [0, 0.1) is 0 Å². The van der Waals surface area contributed by atoms with Crippen LogP contribution in [0.25, 0.3) is 0 Å². The third-order valence-corrected chi connectivity index (χ3v) is 1.44. The van der Waals surface area contributed by atoms with Crippen LogP contribution in [-0.4, -0.2) is 25.1 Å². The molecule has 0 saturated carbocycles. The van der Waals surface area contributed by atoms with Crippen LogP contribution in [0.5, 0.6) is 0 Å². The van der Waals surface area contributed by atoms with Crippen molar-refractivity contribution in [1.29, 1.82) is 0 Å². The van der Waals surface area contributed by atoms with Gasteiger partial charge in [-0.1, -0.05) is 0 Å². The van der Waals surface area contributed by atoms with Crippen LogP contribution in [0.15, 0.2) is 0 Å². The Morgan fingerprint density at radius 2 is 2.20 bits per heavy atom. The largest absolute Gasteiger partial charge is 0.314 e. The minimum Gasteiger partial charge on any atom is -0.314 e. The first kappa shape index (κ1) is 10.2. The predicted molar refractivity (Wildman–Crippen MR) is 43.4 cm³/mol. The SMILES string of the molecule is CC(Cl)CCCNCCF. The van der Waals surface area contributed by atoms with Crippen LogP contribution < -0.4 is 5.32 Å². The maximum atomic E-state index is 11.5. The second-order valence-electron chi connectivity index (χ2n) is 2.36. The van der Waals surface area contributed by atoms with E-state index < -0.39 is 0 Å². The molecule has 3 heteroatoms. The van der Waals surface area contributed by atoms with E-state index in [9.17, 15) is 4.39 Å². The summed E-state index contributed by atoms with van der Waals surface area (Å²) < 4.78 is 11.5. The molecule has 0 saturated heterocycles. The van der Waals surface area contributed by atoms with Crippen molar-refractivity contribution in [3.8, 4) is 0 Å². The minimum absolute atomic E-state index is 0.243. The molecule has 0 radical (unpaired) electrons. The van der Waals surface area contributed by atoms with Crippen LogP contribution in [0.3, 0.4) is 0 Å². The number of nitrogens with one attached hydrogen (secondary N) is 1. The van der Waals surface area contributed by atoms with E-state index in [0.717, 1.165) is 19.4 Å². The number of rotatable bonds is 6. The molecular weight excluding hydrogens is 153 g/mol. The van der Waals surface area contributed by atoms with E-state index >= 15 is 0 Å². The van der Waals surface area contributed by atoms with Crippen molar-refractivity contribution in [2.45, 2.75) is 25.1 Å². The molecule has 0 aromatic rings. The Balaban J connectivity index is 2.77. The number of alkyl halides is 2. The Labute approximate surface area is 66.9 Å². The van der Waals surface area contributed by atoms with E-state index in [0.29, 0.717) is 6.54 Å². The first-order chi connectivity index (χ1) is 4.77. The summed E-state index contributed by atoms with van der Waals surface area (Å²) in [7, 11) is 0. The van der Waals surface area contributed by atoms with Gasteiger partial charge >= 0.3 is 0 Å². The average molecular weight is 168 g/mol. The van der Waals surface area contributed by atoms with E-state index in [1.165, 1.54) is 0 Å². The van der Waals surface area contributed by atoms with Crippen molar-refractivity contribution in [2.75, 3.05) is 19.8 Å².